The van der Waals surface area contributed by atoms with Crippen LogP contribution >= 0.6 is 0 Å². The molecule has 0 aliphatic carbocycles. The Morgan fingerprint density at radius 1 is 1.20 bits per heavy atom. The van der Waals surface area contributed by atoms with E-state index in [1.54, 1.807) is 37.1 Å². The van der Waals surface area contributed by atoms with Gasteiger partial charge in [-0.1, -0.05) is 0 Å². The van der Waals surface area contributed by atoms with Gasteiger partial charge in [0.2, 0.25) is 15.9 Å². The predicted octanol–water partition coefficient (Wildman–Crippen LogP) is 0.788. The standard InChI is InChI=1S/C17H27N3O4S/c1-14-13-15(24-4)5-6-16(14)25(22,23)20-11-9-19(10-12-20)17(21)7-8-18(2)3/h5-6,13H,7-12H2,1-4H3. The molecule has 1 aliphatic rings. The van der Waals surface area contributed by atoms with Crippen LogP contribution < -0.4 is 4.74 Å². The summed E-state index contributed by atoms with van der Waals surface area (Å²) in [5.41, 5.74) is 0.656. The maximum atomic E-state index is 12.9. The molecule has 7 nitrogen and oxygen atoms in total. The Morgan fingerprint density at radius 2 is 1.84 bits per heavy atom. The van der Waals surface area contributed by atoms with Crippen molar-refractivity contribution < 1.29 is 17.9 Å². The molecule has 25 heavy (non-hydrogen) atoms. The van der Waals surface area contributed by atoms with Gasteiger partial charge < -0.3 is 14.5 Å². The molecular weight excluding hydrogens is 342 g/mol. The molecule has 0 aromatic heterocycles. The molecule has 2 rings (SSSR count). The number of amides is 1. The summed E-state index contributed by atoms with van der Waals surface area (Å²) < 4.78 is 32.3. The fraction of sp³-hybridized carbons (Fsp3) is 0.588. The largest absolute Gasteiger partial charge is 0.497 e. The Bertz CT molecular complexity index is 711. The van der Waals surface area contributed by atoms with Crippen LogP contribution in [-0.2, 0) is 14.8 Å². The van der Waals surface area contributed by atoms with Gasteiger partial charge in [0.25, 0.3) is 0 Å². The second kappa shape index (κ2) is 8.16. The summed E-state index contributed by atoms with van der Waals surface area (Å²) in [4.78, 5) is 16.2. The monoisotopic (exact) mass is 369 g/mol. The number of aryl methyl sites for hydroxylation is 1. The van der Waals surface area contributed by atoms with Gasteiger partial charge in [0.05, 0.1) is 12.0 Å². The molecular formula is C17H27N3O4S. The summed E-state index contributed by atoms with van der Waals surface area (Å²) in [6.07, 6.45) is 0.456. The number of ether oxygens (including phenoxy) is 1. The van der Waals surface area contributed by atoms with E-state index in [-0.39, 0.29) is 5.91 Å². The van der Waals surface area contributed by atoms with Crippen molar-refractivity contribution in [3.63, 3.8) is 0 Å². The number of benzene rings is 1. The minimum Gasteiger partial charge on any atom is -0.497 e. The molecule has 0 saturated carbocycles. The number of carbonyl (C=O) groups excluding carboxylic acids is 1. The highest BCUT2D eigenvalue weighted by atomic mass is 32.2. The second-order valence-electron chi connectivity index (χ2n) is 6.47. The lowest BCUT2D eigenvalue weighted by molar-refractivity contribution is -0.132. The third-order valence-corrected chi connectivity index (χ3v) is 6.42. The maximum absolute atomic E-state index is 12.9. The molecule has 1 fully saturated rings. The fourth-order valence-electron chi connectivity index (χ4n) is 2.83. The average molecular weight is 369 g/mol. The zero-order valence-corrected chi connectivity index (χ0v) is 16.2. The first-order valence-electron chi connectivity index (χ1n) is 8.33. The highest BCUT2D eigenvalue weighted by Crippen LogP contribution is 2.24. The number of methoxy groups -OCH3 is 1. The minimum absolute atomic E-state index is 0.0753. The van der Waals surface area contributed by atoms with Gasteiger partial charge in [-0.3, -0.25) is 4.79 Å². The van der Waals surface area contributed by atoms with Gasteiger partial charge >= 0.3 is 0 Å². The van der Waals surface area contributed by atoms with E-state index in [9.17, 15) is 13.2 Å². The van der Waals surface area contributed by atoms with Crippen molar-refractivity contribution in [2.75, 3.05) is 53.9 Å². The quantitative estimate of drug-likeness (QED) is 0.741. The minimum atomic E-state index is -3.56. The lowest BCUT2D eigenvalue weighted by Gasteiger charge is -2.34. The molecule has 140 valence electrons. The number of rotatable bonds is 6. The SMILES string of the molecule is COc1ccc(S(=O)(=O)N2CCN(C(=O)CCN(C)C)CC2)c(C)c1. The summed E-state index contributed by atoms with van der Waals surface area (Å²) in [6, 6.07) is 4.95. The Kier molecular flexibility index (Phi) is 6.42. The van der Waals surface area contributed by atoms with Crippen molar-refractivity contribution in [3.05, 3.63) is 23.8 Å². The summed E-state index contributed by atoms with van der Waals surface area (Å²) in [7, 11) is 1.84. The molecule has 1 aliphatic heterocycles. The van der Waals surface area contributed by atoms with Crippen LogP contribution in [0.5, 0.6) is 5.75 Å². The van der Waals surface area contributed by atoms with E-state index in [1.807, 2.05) is 19.0 Å². The van der Waals surface area contributed by atoms with E-state index in [1.165, 1.54) is 4.31 Å². The summed E-state index contributed by atoms with van der Waals surface area (Å²) in [6.45, 7) is 3.96. The van der Waals surface area contributed by atoms with Crippen molar-refractivity contribution in [2.45, 2.75) is 18.2 Å². The number of sulfonamides is 1. The maximum Gasteiger partial charge on any atom is 0.243 e. The van der Waals surface area contributed by atoms with Gasteiger partial charge in [-0.2, -0.15) is 4.31 Å². The average Bonchev–Trinajstić information content (AvgIpc) is 2.59. The van der Waals surface area contributed by atoms with Crippen LogP contribution in [0.15, 0.2) is 23.1 Å². The van der Waals surface area contributed by atoms with Crippen LogP contribution in [0.4, 0.5) is 0 Å². The Balaban J connectivity index is 2.03. The highest BCUT2D eigenvalue weighted by Gasteiger charge is 2.31. The van der Waals surface area contributed by atoms with Gasteiger partial charge in [0.15, 0.2) is 0 Å². The lowest BCUT2D eigenvalue weighted by Crippen LogP contribution is -2.50. The number of hydrogen-bond acceptors (Lipinski definition) is 5. The fourth-order valence-corrected chi connectivity index (χ4v) is 4.46. The van der Waals surface area contributed by atoms with Crippen molar-refractivity contribution in [3.8, 4) is 5.75 Å². The smallest absolute Gasteiger partial charge is 0.243 e. The Morgan fingerprint density at radius 3 is 2.36 bits per heavy atom. The number of nitrogens with zero attached hydrogens (tertiary/aromatic N) is 3. The van der Waals surface area contributed by atoms with Crippen molar-refractivity contribution in [1.29, 1.82) is 0 Å². The van der Waals surface area contributed by atoms with Gasteiger partial charge in [-0.05, 0) is 44.8 Å². The van der Waals surface area contributed by atoms with Crippen LogP contribution in [0.3, 0.4) is 0 Å². The van der Waals surface area contributed by atoms with Crippen LogP contribution in [0.1, 0.15) is 12.0 Å². The van der Waals surface area contributed by atoms with Crippen LogP contribution in [0.2, 0.25) is 0 Å². The van der Waals surface area contributed by atoms with Gasteiger partial charge in [-0.25, -0.2) is 8.42 Å². The van der Waals surface area contributed by atoms with E-state index in [0.29, 0.717) is 55.4 Å². The molecule has 0 N–H and O–H groups in total. The summed E-state index contributed by atoms with van der Waals surface area (Å²) >= 11 is 0. The van der Waals surface area contributed by atoms with Gasteiger partial charge in [0.1, 0.15) is 5.75 Å². The molecule has 1 saturated heterocycles. The van der Waals surface area contributed by atoms with Gasteiger partial charge in [0, 0.05) is 39.1 Å². The number of hydrogen-bond donors (Lipinski definition) is 0. The van der Waals surface area contributed by atoms with Crippen molar-refractivity contribution in [2.24, 2.45) is 0 Å². The molecule has 0 spiro atoms. The first kappa shape index (κ1) is 19.7. The van der Waals surface area contributed by atoms with Crippen LogP contribution in [0.25, 0.3) is 0 Å². The second-order valence-corrected chi connectivity index (χ2v) is 8.38. The van der Waals surface area contributed by atoms with Gasteiger partial charge in [-0.15, -0.1) is 0 Å². The molecule has 1 heterocycles. The summed E-state index contributed by atoms with van der Waals surface area (Å²) in [5, 5.41) is 0. The zero-order chi connectivity index (χ0) is 18.6. The predicted molar refractivity (Wildman–Crippen MR) is 96.2 cm³/mol. The van der Waals surface area contributed by atoms with Crippen molar-refractivity contribution >= 4 is 15.9 Å². The lowest BCUT2D eigenvalue weighted by atomic mass is 10.2. The van der Waals surface area contributed by atoms with Crippen LogP contribution in [-0.4, -0.2) is 82.4 Å². The molecule has 8 heteroatoms. The normalized spacial score (nSPS) is 16.3. The van der Waals surface area contributed by atoms with E-state index in [0.717, 1.165) is 0 Å². The highest BCUT2D eigenvalue weighted by molar-refractivity contribution is 7.89. The number of carbonyl (C=O) groups is 1. The molecule has 0 atom stereocenters. The molecule has 1 aromatic rings. The summed E-state index contributed by atoms with van der Waals surface area (Å²) in [5.74, 6) is 0.708. The Hall–Kier alpha value is -1.64. The Labute approximate surface area is 150 Å². The van der Waals surface area contributed by atoms with E-state index in [2.05, 4.69) is 0 Å². The first-order valence-corrected chi connectivity index (χ1v) is 9.77. The third kappa shape index (κ3) is 4.71. The first-order chi connectivity index (χ1) is 11.8. The number of piperazine rings is 1. The molecule has 0 bridgehead atoms. The topological polar surface area (TPSA) is 70.2 Å². The van der Waals surface area contributed by atoms with E-state index >= 15 is 0 Å². The molecule has 0 radical (unpaired) electrons. The molecule has 1 amide bonds. The van der Waals surface area contributed by atoms with Crippen molar-refractivity contribution in [1.82, 2.24) is 14.1 Å². The van der Waals surface area contributed by atoms with E-state index < -0.39 is 10.0 Å². The third-order valence-electron chi connectivity index (χ3n) is 4.36. The molecule has 1 aromatic carbocycles. The molecule has 0 unspecified atom stereocenters. The van der Waals surface area contributed by atoms with Crippen LogP contribution in [0, 0.1) is 6.92 Å². The zero-order valence-electron chi connectivity index (χ0n) is 15.4. The van der Waals surface area contributed by atoms with E-state index in [4.69, 9.17) is 4.74 Å².